The van der Waals surface area contributed by atoms with Crippen molar-refractivity contribution in [2.24, 2.45) is 0 Å². The van der Waals surface area contributed by atoms with Gasteiger partial charge in [-0.2, -0.15) is 0 Å². The third kappa shape index (κ3) is 2.47. The van der Waals surface area contributed by atoms with Crippen molar-refractivity contribution < 1.29 is 9.47 Å². The molecule has 4 aromatic rings. The van der Waals surface area contributed by atoms with Gasteiger partial charge in [-0.25, -0.2) is 9.97 Å². The molecule has 2 aromatic carbocycles. The monoisotopic (exact) mass is 345 g/mol. The molecule has 1 aliphatic heterocycles. The van der Waals surface area contributed by atoms with E-state index in [4.69, 9.17) is 9.47 Å². The van der Waals surface area contributed by atoms with Crippen LogP contribution in [0.5, 0.6) is 11.5 Å². The highest BCUT2D eigenvalue weighted by molar-refractivity contribution is 5.92. The number of aryl methyl sites for hydroxylation is 2. The van der Waals surface area contributed by atoms with E-state index in [-0.39, 0.29) is 12.4 Å². The zero-order valence-corrected chi connectivity index (χ0v) is 13.9. The lowest BCUT2D eigenvalue weighted by molar-refractivity contribution is 0.174. The number of pyridine rings is 1. The van der Waals surface area contributed by atoms with Crippen molar-refractivity contribution in [2.45, 2.75) is 13.0 Å². The Morgan fingerprint density at radius 1 is 1.04 bits per heavy atom. The molecule has 0 N–H and O–H groups in total. The van der Waals surface area contributed by atoms with Crippen molar-refractivity contribution in [3.63, 3.8) is 0 Å². The second-order valence-corrected chi connectivity index (χ2v) is 6.24. The van der Waals surface area contributed by atoms with Crippen molar-refractivity contribution in [3.05, 3.63) is 70.8 Å². The van der Waals surface area contributed by atoms with Gasteiger partial charge in [0.1, 0.15) is 0 Å². The zero-order chi connectivity index (χ0) is 17.5. The summed E-state index contributed by atoms with van der Waals surface area (Å²) in [6.45, 7) is 0.778. The minimum atomic E-state index is -0.0852. The van der Waals surface area contributed by atoms with Gasteiger partial charge in [0.25, 0.3) is 5.56 Å². The maximum absolute atomic E-state index is 12.9. The fourth-order valence-electron chi connectivity index (χ4n) is 3.19. The Hall–Kier alpha value is -3.41. The number of nitrogens with zero attached hydrogens (tertiary/aromatic N) is 3. The Balaban J connectivity index is 1.57. The molecule has 6 nitrogen and oxygen atoms in total. The summed E-state index contributed by atoms with van der Waals surface area (Å²) in [7, 11) is 0. The number of hydrogen-bond donors (Lipinski definition) is 0. The molecular weight excluding hydrogens is 330 g/mol. The predicted octanol–water partition coefficient (Wildman–Crippen LogP) is 2.92. The summed E-state index contributed by atoms with van der Waals surface area (Å²) in [5, 5.41) is 1.34. The van der Waals surface area contributed by atoms with Crippen LogP contribution in [0.3, 0.4) is 0 Å². The molecule has 6 heteroatoms. The summed E-state index contributed by atoms with van der Waals surface area (Å²) < 4.78 is 12.4. The van der Waals surface area contributed by atoms with Gasteiger partial charge < -0.3 is 9.47 Å². The van der Waals surface area contributed by atoms with Crippen LogP contribution in [0.25, 0.3) is 21.9 Å². The summed E-state index contributed by atoms with van der Waals surface area (Å²) in [6, 6.07) is 15.6. The molecule has 0 radical (unpaired) electrons. The van der Waals surface area contributed by atoms with E-state index in [1.165, 1.54) is 5.56 Å². The fourth-order valence-corrected chi connectivity index (χ4v) is 3.19. The second-order valence-electron chi connectivity index (χ2n) is 6.24. The maximum Gasteiger partial charge on any atom is 0.262 e. The molecule has 0 fully saturated rings. The van der Waals surface area contributed by atoms with Gasteiger partial charge in [-0.3, -0.25) is 9.36 Å². The Morgan fingerprint density at radius 3 is 2.69 bits per heavy atom. The molecule has 26 heavy (non-hydrogen) atoms. The average Bonchev–Trinajstić information content (AvgIpc) is 3.12. The zero-order valence-electron chi connectivity index (χ0n) is 13.9. The largest absolute Gasteiger partial charge is 0.454 e. The Labute approximate surface area is 148 Å². The normalized spacial score (nSPS) is 12.8. The molecule has 0 amide bonds. The number of fused-ring (bicyclic) bond motifs is 3. The van der Waals surface area contributed by atoms with Gasteiger partial charge in [-0.1, -0.05) is 30.3 Å². The van der Waals surface area contributed by atoms with Gasteiger partial charge in [-0.15, -0.1) is 0 Å². The summed E-state index contributed by atoms with van der Waals surface area (Å²) in [4.78, 5) is 21.7. The van der Waals surface area contributed by atoms with Gasteiger partial charge in [0.2, 0.25) is 6.79 Å². The van der Waals surface area contributed by atoms with Crippen LogP contribution in [0.4, 0.5) is 0 Å². The quantitative estimate of drug-likeness (QED) is 0.534. The Kier molecular flexibility index (Phi) is 3.35. The molecule has 0 bridgehead atoms. The Morgan fingerprint density at radius 2 is 1.85 bits per heavy atom. The second kappa shape index (κ2) is 5.84. The first-order valence-electron chi connectivity index (χ1n) is 8.41. The minimum absolute atomic E-state index is 0.0852. The molecule has 0 aliphatic carbocycles. The summed E-state index contributed by atoms with van der Waals surface area (Å²) in [6.07, 6.45) is 2.34. The standard InChI is InChI=1S/C20H15N3O3/c24-20-15-8-14-9-17-18(26-12-25-17)10-16(14)22-19(15)21-11-23(20)7-6-13-4-2-1-3-5-13/h1-5,8-11H,6-7,12H2. The van der Waals surface area contributed by atoms with Gasteiger partial charge >= 0.3 is 0 Å². The van der Waals surface area contributed by atoms with E-state index < -0.39 is 0 Å². The third-order valence-electron chi connectivity index (χ3n) is 4.58. The first kappa shape index (κ1) is 14.9. The molecule has 2 aromatic heterocycles. The summed E-state index contributed by atoms with van der Waals surface area (Å²) >= 11 is 0. The maximum atomic E-state index is 12.9. The van der Waals surface area contributed by atoms with E-state index in [0.717, 1.165) is 17.3 Å². The van der Waals surface area contributed by atoms with Crippen LogP contribution < -0.4 is 15.0 Å². The van der Waals surface area contributed by atoms with Crippen molar-refractivity contribution in [1.82, 2.24) is 14.5 Å². The molecule has 3 heterocycles. The lowest BCUT2D eigenvalue weighted by atomic mass is 10.1. The predicted molar refractivity (Wildman–Crippen MR) is 97.6 cm³/mol. The van der Waals surface area contributed by atoms with Crippen LogP contribution >= 0.6 is 0 Å². The van der Waals surface area contributed by atoms with Crippen molar-refractivity contribution >= 4 is 21.9 Å². The molecule has 1 aliphatic rings. The van der Waals surface area contributed by atoms with Crippen molar-refractivity contribution in [3.8, 4) is 11.5 Å². The van der Waals surface area contributed by atoms with Crippen LogP contribution in [-0.2, 0) is 13.0 Å². The molecular formula is C20H15N3O3. The van der Waals surface area contributed by atoms with E-state index in [9.17, 15) is 4.79 Å². The van der Waals surface area contributed by atoms with Crippen LogP contribution in [0, 0.1) is 0 Å². The molecule has 128 valence electrons. The van der Waals surface area contributed by atoms with Gasteiger partial charge in [-0.05, 0) is 24.1 Å². The number of benzene rings is 2. The summed E-state index contributed by atoms with van der Waals surface area (Å²) in [5.74, 6) is 1.34. The molecule has 0 unspecified atom stereocenters. The van der Waals surface area contributed by atoms with E-state index in [1.54, 1.807) is 10.9 Å². The highest BCUT2D eigenvalue weighted by atomic mass is 16.7. The van der Waals surface area contributed by atoms with E-state index in [2.05, 4.69) is 22.1 Å². The topological polar surface area (TPSA) is 66.2 Å². The molecule has 0 saturated carbocycles. The smallest absolute Gasteiger partial charge is 0.262 e. The van der Waals surface area contributed by atoms with E-state index in [0.29, 0.717) is 29.1 Å². The lowest BCUT2D eigenvalue weighted by Gasteiger charge is -2.08. The third-order valence-corrected chi connectivity index (χ3v) is 4.58. The first-order valence-corrected chi connectivity index (χ1v) is 8.41. The van der Waals surface area contributed by atoms with Gasteiger partial charge in [0, 0.05) is 18.0 Å². The van der Waals surface area contributed by atoms with Crippen LogP contribution in [0.2, 0.25) is 0 Å². The van der Waals surface area contributed by atoms with Gasteiger partial charge in [0.05, 0.1) is 17.2 Å². The van der Waals surface area contributed by atoms with Crippen LogP contribution in [-0.4, -0.2) is 21.3 Å². The van der Waals surface area contributed by atoms with Crippen molar-refractivity contribution in [1.29, 1.82) is 0 Å². The number of aromatic nitrogens is 3. The SMILES string of the molecule is O=c1c2cc3cc4c(cc3nc2ncn1CCc1ccccc1)OCO4. The fraction of sp³-hybridized carbons (Fsp3) is 0.150. The van der Waals surface area contributed by atoms with Crippen molar-refractivity contribution in [2.75, 3.05) is 6.79 Å². The summed E-state index contributed by atoms with van der Waals surface area (Å²) in [5.41, 5.74) is 2.27. The minimum Gasteiger partial charge on any atom is -0.454 e. The molecule has 5 rings (SSSR count). The number of hydrogen-bond acceptors (Lipinski definition) is 5. The molecule has 0 atom stereocenters. The Bertz CT molecular complexity index is 1190. The number of rotatable bonds is 3. The van der Waals surface area contributed by atoms with E-state index in [1.807, 2.05) is 36.4 Å². The lowest BCUT2D eigenvalue weighted by Crippen LogP contribution is -2.22. The van der Waals surface area contributed by atoms with Gasteiger partial charge in [0.15, 0.2) is 17.1 Å². The highest BCUT2D eigenvalue weighted by Crippen LogP contribution is 2.35. The molecule has 0 saturated heterocycles. The van der Waals surface area contributed by atoms with Crippen LogP contribution in [0.1, 0.15) is 5.56 Å². The van der Waals surface area contributed by atoms with E-state index >= 15 is 0 Å². The van der Waals surface area contributed by atoms with Crippen LogP contribution in [0.15, 0.2) is 59.7 Å². The first-order chi connectivity index (χ1) is 12.8. The number of ether oxygens (including phenoxy) is 2. The molecule has 0 spiro atoms. The average molecular weight is 345 g/mol. The highest BCUT2D eigenvalue weighted by Gasteiger charge is 2.16.